The molecule has 1 N–H and O–H groups in total. The first-order chi connectivity index (χ1) is 14.9. The largest absolute Gasteiger partial charge is 0.465 e. The van der Waals surface area contributed by atoms with E-state index in [-0.39, 0.29) is 22.0 Å². The van der Waals surface area contributed by atoms with Crippen molar-refractivity contribution in [2.24, 2.45) is 0 Å². The summed E-state index contributed by atoms with van der Waals surface area (Å²) in [5, 5.41) is 0. The van der Waals surface area contributed by atoms with Crippen molar-refractivity contribution in [2.45, 2.75) is 11.8 Å². The number of rotatable bonds is 6. The minimum Gasteiger partial charge on any atom is -0.465 e. The quantitative estimate of drug-likeness (QED) is 0.454. The van der Waals surface area contributed by atoms with Gasteiger partial charge < -0.3 is 14.5 Å². The van der Waals surface area contributed by atoms with E-state index in [1.165, 1.54) is 31.4 Å². The van der Waals surface area contributed by atoms with Crippen molar-refractivity contribution in [3.63, 3.8) is 0 Å². The Morgan fingerprint density at radius 3 is 2.55 bits per heavy atom. The number of ether oxygens (including phenoxy) is 2. The van der Waals surface area contributed by atoms with E-state index in [2.05, 4.69) is 19.9 Å². The predicted molar refractivity (Wildman–Crippen MR) is 113 cm³/mol. The van der Waals surface area contributed by atoms with Gasteiger partial charge in [-0.15, -0.1) is 0 Å². The summed E-state index contributed by atoms with van der Waals surface area (Å²) < 4.78 is 34.7. The van der Waals surface area contributed by atoms with E-state index >= 15 is 0 Å². The minimum atomic E-state index is -3.32. The molecule has 31 heavy (non-hydrogen) atoms. The maximum atomic E-state index is 12.3. The number of aromatic nitrogens is 4. The van der Waals surface area contributed by atoms with Crippen LogP contribution in [0.1, 0.15) is 17.3 Å². The molecule has 2 aromatic carbocycles. The van der Waals surface area contributed by atoms with Crippen LogP contribution in [0.3, 0.4) is 0 Å². The van der Waals surface area contributed by atoms with E-state index in [4.69, 9.17) is 9.47 Å². The molecule has 2 aromatic heterocycles. The second kappa shape index (κ2) is 8.15. The zero-order valence-corrected chi connectivity index (χ0v) is 17.5. The highest BCUT2D eigenvalue weighted by atomic mass is 32.2. The molecule has 0 saturated heterocycles. The third kappa shape index (κ3) is 4.10. The highest BCUT2D eigenvalue weighted by molar-refractivity contribution is 7.91. The van der Waals surface area contributed by atoms with Crippen LogP contribution in [-0.2, 0) is 14.6 Å². The number of carbonyl (C=O) groups is 1. The van der Waals surface area contributed by atoms with Crippen molar-refractivity contribution < 1.29 is 22.7 Å². The molecule has 4 aromatic rings. The molecule has 10 heteroatoms. The number of sulfone groups is 1. The predicted octanol–water partition coefficient (Wildman–Crippen LogP) is 3.39. The van der Waals surface area contributed by atoms with Crippen molar-refractivity contribution in [2.75, 3.05) is 12.9 Å². The van der Waals surface area contributed by atoms with E-state index < -0.39 is 15.8 Å². The van der Waals surface area contributed by atoms with E-state index in [1.54, 1.807) is 37.6 Å². The number of nitrogens with zero attached hydrogens (tertiary/aromatic N) is 3. The first kappa shape index (κ1) is 20.5. The molecule has 4 rings (SSSR count). The monoisotopic (exact) mass is 438 g/mol. The zero-order valence-electron chi connectivity index (χ0n) is 16.7. The molecule has 0 aliphatic rings. The summed E-state index contributed by atoms with van der Waals surface area (Å²) in [5.74, 6) is 0.499. The minimum absolute atomic E-state index is 0.00361. The number of esters is 1. The molecule has 0 bridgehead atoms. The average Bonchev–Trinajstić information content (AvgIpc) is 3.22. The molecule has 0 aliphatic heterocycles. The van der Waals surface area contributed by atoms with Crippen LogP contribution >= 0.6 is 0 Å². The van der Waals surface area contributed by atoms with Gasteiger partial charge in [-0.3, -0.25) is 4.98 Å². The van der Waals surface area contributed by atoms with Crippen LogP contribution in [0.5, 0.6) is 11.5 Å². The summed E-state index contributed by atoms with van der Waals surface area (Å²) >= 11 is 0. The number of nitrogens with one attached hydrogen (secondary N) is 1. The first-order valence-electron chi connectivity index (χ1n) is 9.30. The van der Waals surface area contributed by atoms with E-state index in [0.29, 0.717) is 28.3 Å². The third-order valence-electron chi connectivity index (χ3n) is 4.59. The molecule has 0 fully saturated rings. The molecule has 2 heterocycles. The molecule has 0 amide bonds. The van der Waals surface area contributed by atoms with Gasteiger partial charge in [0.15, 0.2) is 15.7 Å². The molecule has 0 aliphatic carbocycles. The number of hydrogen-bond acceptors (Lipinski definition) is 8. The number of fused-ring (bicyclic) bond motifs is 1. The second-order valence-electron chi connectivity index (χ2n) is 6.51. The maximum absolute atomic E-state index is 12.3. The van der Waals surface area contributed by atoms with Gasteiger partial charge in [0.25, 0.3) is 0 Å². The molecule has 0 radical (unpaired) electrons. The van der Waals surface area contributed by atoms with Gasteiger partial charge in [0.2, 0.25) is 0 Å². The van der Waals surface area contributed by atoms with Crippen molar-refractivity contribution in [1.82, 2.24) is 19.9 Å². The number of H-pyrrole nitrogens is 1. The summed E-state index contributed by atoms with van der Waals surface area (Å²) in [7, 11) is -2.04. The highest BCUT2D eigenvalue weighted by Gasteiger charge is 2.19. The number of imidazole rings is 1. The van der Waals surface area contributed by atoms with Gasteiger partial charge in [-0.25, -0.2) is 23.2 Å². The summed E-state index contributed by atoms with van der Waals surface area (Å²) in [4.78, 5) is 28.4. The summed E-state index contributed by atoms with van der Waals surface area (Å²) in [5.41, 5.74) is 1.88. The molecular formula is C21H18N4O5S. The van der Waals surface area contributed by atoms with Gasteiger partial charge in [-0.05, 0) is 30.3 Å². The van der Waals surface area contributed by atoms with Crippen LogP contribution in [0.4, 0.5) is 0 Å². The fraction of sp³-hybridized carbons (Fsp3) is 0.143. The molecule has 158 valence electrons. The van der Waals surface area contributed by atoms with Gasteiger partial charge in [0.05, 0.1) is 35.0 Å². The second-order valence-corrected chi connectivity index (χ2v) is 8.79. The highest BCUT2D eigenvalue weighted by Crippen LogP contribution is 2.31. The lowest BCUT2D eigenvalue weighted by Crippen LogP contribution is -2.05. The Bertz CT molecular complexity index is 1350. The Hall–Kier alpha value is -3.79. The lowest BCUT2D eigenvalue weighted by atomic mass is 10.1. The number of hydrogen-bond donors (Lipinski definition) is 1. The van der Waals surface area contributed by atoms with Crippen molar-refractivity contribution in [3.8, 4) is 23.0 Å². The average molecular weight is 438 g/mol. The van der Waals surface area contributed by atoms with Crippen LogP contribution in [0.2, 0.25) is 0 Å². The lowest BCUT2D eigenvalue weighted by molar-refractivity contribution is 0.0598. The smallest absolute Gasteiger partial charge is 0.341 e. The van der Waals surface area contributed by atoms with Gasteiger partial charge in [0, 0.05) is 18.5 Å². The molecule has 9 nitrogen and oxygen atoms in total. The number of carbonyl (C=O) groups excluding carboxylic acids is 1. The number of benzene rings is 2. The van der Waals surface area contributed by atoms with Crippen molar-refractivity contribution in [3.05, 3.63) is 60.6 Å². The summed E-state index contributed by atoms with van der Waals surface area (Å²) in [6.07, 6.45) is 4.69. The summed E-state index contributed by atoms with van der Waals surface area (Å²) in [6, 6.07) is 9.18. The van der Waals surface area contributed by atoms with Gasteiger partial charge in [0.1, 0.15) is 22.8 Å². The Kier molecular flexibility index (Phi) is 5.38. The molecule has 0 spiro atoms. The van der Waals surface area contributed by atoms with E-state index in [1.807, 2.05) is 0 Å². The Balaban J connectivity index is 1.74. The fourth-order valence-electron chi connectivity index (χ4n) is 2.94. The lowest BCUT2D eigenvalue weighted by Gasteiger charge is -2.11. The van der Waals surface area contributed by atoms with Crippen LogP contribution in [0, 0.1) is 0 Å². The first-order valence-corrected chi connectivity index (χ1v) is 11.0. The van der Waals surface area contributed by atoms with E-state index in [9.17, 15) is 13.2 Å². The topological polar surface area (TPSA) is 124 Å². The molecule has 0 saturated carbocycles. The van der Waals surface area contributed by atoms with Crippen LogP contribution in [-0.4, -0.2) is 47.2 Å². The summed E-state index contributed by atoms with van der Waals surface area (Å²) in [6.45, 7) is 1.58. The van der Waals surface area contributed by atoms with Crippen LogP contribution in [0.25, 0.3) is 22.6 Å². The van der Waals surface area contributed by atoms with Crippen molar-refractivity contribution in [1.29, 1.82) is 0 Å². The van der Waals surface area contributed by atoms with Crippen LogP contribution in [0.15, 0.2) is 59.9 Å². The van der Waals surface area contributed by atoms with E-state index in [0.717, 1.165) is 0 Å². The normalized spacial score (nSPS) is 11.4. The fourth-order valence-corrected chi connectivity index (χ4v) is 3.83. The van der Waals surface area contributed by atoms with Gasteiger partial charge in [-0.2, -0.15) is 0 Å². The zero-order chi connectivity index (χ0) is 22.0. The van der Waals surface area contributed by atoms with Crippen molar-refractivity contribution >= 4 is 26.8 Å². The SMILES string of the molecule is CCS(=O)(=O)c1ccc(Oc2cc3nc(-c4cnccn4)[nH]c3cc2C(=O)OC)cc1. The Morgan fingerprint density at radius 1 is 1.13 bits per heavy atom. The number of methoxy groups -OCH3 is 1. The molecule has 0 unspecified atom stereocenters. The standard InChI is InChI=1S/C21H18N4O5S/c1-3-31(27,28)14-6-4-13(5-7-14)30-19-11-17-16(10-15(19)21(26)29-2)24-20(25-17)18-12-22-8-9-23-18/h4-12H,3H2,1-2H3,(H,24,25). The van der Waals surface area contributed by atoms with Crippen LogP contribution < -0.4 is 4.74 Å². The molecular weight excluding hydrogens is 420 g/mol. The third-order valence-corrected chi connectivity index (χ3v) is 6.34. The number of aromatic amines is 1. The van der Waals surface area contributed by atoms with Gasteiger partial charge >= 0.3 is 5.97 Å². The maximum Gasteiger partial charge on any atom is 0.341 e. The Morgan fingerprint density at radius 2 is 1.90 bits per heavy atom. The Labute approximate surface area is 178 Å². The molecule has 0 atom stereocenters. The van der Waals surface area contributed by atoms with Gasteiger partial charge in [-0.1, -0.05) is 6.92 Å².